The largest absolute Gasteiger partial charge is 0.364 e. The molecular formula is C18H13ClN2O. The van der Waals surface area contributed by atoms with Crippen LogP contribution in [0.4, 0.5) is 0 Å². The Balaban J connectivity index is 1.98. The van der Waals surface area contributed by atoms with Crippen molar-refractivity contribution in [2.75, 3.05) is 0 Å². The van der Waals surface area contributed by atoms with Crippen molar-refractivity contribution >= 4 is 17.3 Å². The standard InChI is InChI=1S/C18H13ClN2O/c1-11-17-16(10-22-21-17)14-4-2-3-5-15(14)18(20-11)12-6-8-13(19)9-7-12/h2-11H,1H3. The molecule has 22 heavy (non-hydrogen) atoms. The second-order valence-electron chi connectivity index (χ2n) is 5.32. The van der Waals surface area contributed by atoms with E-state index in [0.29, 0.717) is 0 Å². The SMILES string of the molecule is CC1N=C(c2ccc(Cl)cc2)c2ccccc2-c2conc21. The lowest BCUT2D eigenvalue weighted by atomic mass is 9.94. The van der Waals surface area contributed by atoms with Crippen molar-refractivity contribution < 1.29 is 4.52 Å². The Morgan fingerprint density at radius 1 is 0.955 bits per heavy atom. The first kappa shape index (κ1) is 13.3. The average Bonchev–Trinajstić information content (AvgIpc) is 2.99. The molecule has 1 aliphatic heterocycles. The van der Waals surface area contributed by atoms with E-state index in [4.69, 9.17) is 21.1 Å². The van der Waals surface area contributed by atoms with Crippen LogP contribution in [0.2, 0.25) is 5.02 Å². The zero-order chi connectivity index (χ0) is 15.1. The zero-order valence-corrected chi connectivity index (χ0v) is 12.7. The molecule has 108 valence electrons. The molecule has 0 radical (unpaired) electrons. The summed E-state index contributed by atoms with van der Waals surface area (Å²) in [5.74, 6) is 0. The molecule has 1 atom stereocenters. The van der Waals surface area contributed by atoms with Crippen LogP contribution >= 0.6 is 11.6 Å². The van der Waals surface area contributed by atoms with Gasteiger partial charge in [0.25, 0.3) is 0 Å². The van der Waals surface area contributed by atoms with E-state index in [2.05, 4.69) is 17.3 Å². The van der Waals surface area contributed by atoms with Crippen molar-refractivity contribution in [3.8, 4) is 11.1 Å². The Morgan fingerprint density at radius 2 is 1.68 bits per heavy atom. The Kier molecular flexibility index (Phi) is 3.09. The van der Waals surface area contributed by atoms with Gasteiger partial charge in [-0.2, -0.15) is 0 Å². The van der Waals surface area contributed by atoms with E-state index in [9.17, 15) is 0 Å². The Hall–Kier alpha value is -2.39. The van der Waals surface area contributed by atoms with Crippen molar-refractivity contribution in [3.05, 3.63) is 76.6 Å². The van der Waals surface area contributed by atoms with Gasteiger partial charge in [-0.15, -0.1) is 0 Å². The summed E-state index contributed by atoms with van der Waals surface area (Å²) in [4.78, 5) is 4.88. The fraction of sp³-hybridized carbons (Fsp3) is 0.111. The molecule has 1 aliphatic rings. The summed E-state index contributed by atoms with van der Waals surface area (Å²) in [7, 11) is 0. The summed E-state index contributed by atoms with van der Waals surface area (Å²) < 4.78 is 5.17. The lowest BCUT2D eigenvalue weighted by Gasteiger charge is -2.10. The second-order valence-corrected chi connectivity index (χ2v) is 5.76. The van der Waals surface area contributed by atoms with E-state index < -0.39 is 0 Å². The maximum atomic E-state index is 6.01. The van der Waals surface area contributed by atoms with Crippen molar-refractivity contribution in [2.24, 2.45) is 4.99 Å². The molecule has 2 heterocycles. The van der Waals surface area contributed by atoms with E-state index in [1.54, 1.807) is 6.26 Å². The van der Waals surface area contributed by atoms with Crippen LogP contribution in [0.3, 0.4) is 0 Å². The summed E-state index contributed by atoms with van der Waals surface area (Å²) in [6.07, 6.45) is 1.70. The minimum absolute atomic E-state index is 0.0631. The van der Waals surface area contributed by atoms with Crippen LogP contribution in [-0.4, -0.2) is 10.9 Å². The summed E-state index contributed by atoms with van der Waals surface area (Å²) in [6, 6.07) is 15.9. The molecule has 0 saturated carbocycles. The minimum Gasteiger partial charge on any atom is -0.364 e. The van der Waals surface area contributed by atoms with Crippen LogP contribution < -0.4 is 0 Å². The molecule has 0 amide bonds. The number of aromatic nitrogens is 1. The number of fused-ring (bicyclic) bond motifs is 3. The molecule has 0 N–H and O–H groups in total. The van der Waals surface area contributed by atoms with Crippen molar-refractivity contribution in [1.29, 1.82) is 0 Å². The monoisotopic (exact) mass is 308 g/mol. The summed E-state index contributed by atoms with van der Waals surface area (Å²) >= 11 is 6.01. The van der Waals surface area contributed by atoms with Gasteiger partial charge in [0, 0.05) is 21.7 Å². The molecule has 2 aromatic carbocycles. The predicted molar refractivity (Wildman–Crippen MR) is 87.4 cm³/mol. The highest BCUT2D eigenvalue weighted by atomic mass is 35.5. The molecule has 0 saturated heterocycles. The number of halogens is 1. The van der Waals surface area contributed by atoms with Gasteiger partial charge in [-0.05, 0) is 24.6 Å². The maximum Gasteiger partial charge on any atom is 0.132 e. The van der Waals surface area contributed by atoms with Crippen molar-refractivity contribution in [2.45, 2.75) is 13.0 Å². The third-order valence-electron chi connectivity index (χ3n) is 3.91. The van der Waals surface area contributed by atoms with Gasteiger partial charge in [-0.1, -0.05) is 53.2 Å². The topological polar surface area (TPSA) is 38.4 Å². The fourth-order valence-electron chi connectivity index (χ4n) is 2.83. The number of aliphatic imine (C=N–C) groups is 1. The van der Waals surface area contributed by atoms with Crippen LogP contribution in [0.25, 0.3) is 11.1 Å². The highest BCUT2D eigenvalue weighted by Gasteiger charge is 2.25. The molecule has 0 bridgehead atoms. The Bertz CT molecular complexity index is 865. The van der Waals surface area contributed by atoms with E-state index in [-0.39, 0.29) is 6.04 Å². The number of nitrogens with zero attached hydrogens (tertiary/aromatic N) is 2. The van der Waals surface area contributed by atoms with Crippen LogP contribution in [0.5, 0.6) is 0 Å². The molecular weight excluding hydrogens is 296 g/mol. The van der Waals surface area contributed by atoms with Crippen LogP contribution in [0.1, 0.15) is 29.8 Å². The molecule has 1 unspecified atom stereocenters. The lowest BCUT2D eigenvalue weighted by Crippen LogP contribution is -2.05. The molecule has 4 rings (SSSR count). The molecule has 3 nitrogen and oxygen atoms in total. The average molecular weight is 309 g/mol. The Morgan fingerprint density at radius 3 is 2.45 bits per heavy atom. The third kappa shape index (κ3) is 2.06. The number of hydrogen-bond acceptors (Lipinski definition) is 3. The fourth-order valence-corrected chi connectivity index (χ4v) is 2.96. The van der Waals surface area contributed by atoms with Crippen LogP contribution in [-0.2, 0) is 0 Å². The predicted octanol–water partition coefficient (Wildman–Crippen LogP) is 4.91. The van der Waals surface area contributed by atoms with Gasteiger partial charge in [0.05, 0.1) is 11.8 Å². The summed E-state index contributed by atoms with van der Waals surface area (Å²) in [5, 5.41) is 4.85. The normalized spacial score (nSPS) is 16.5. The molecule has 4 heteroatoms. The lowest BCUT2D eigenvalue weighted by molar-refractivity contribution is 0.407. The van der Waals surface area contributed by atoms with E-state index in [1.807, 2.05) is 43.3 Å². The smallest absolute Gasteiger partial charge is 0.132 e. The Labute approximate surface area is 133 Å². The molecule has 1 aromatic heterocycles. The minimum atomic E-state index is -0.0631. The quantitative estimate of drug-likeness (QED) is 0.641. The first-order valence-corrected chi connectivity index (χ1v) is 7.49. The van der Waals surface area contributed by atoms with Gasteiger partial charge in [0.15, 0.2) is 0 Å². The van der Waals surface area contributed by atoms with Gasteiger partial charge in [0.1, 0.15) is 12.0 Å². The summed E-state index contributed by atoms with van der Waals surface area (Å²) in [6.45, 7) is 2.03. The van der Waals surface area contributed by atoms with Crippen LogP contribution in [0, 0.1) is 0 Å². The molecule has 0 spiro atoms. The van der Waals surface area contributed by atoms with E-state index >= 15 is 0 Å². The van der Waals surface area contributed by atoms with Crippen LogP contribution in [0.15, 0.2) is 64.3 Å². The van der Waals surface area contributed by atoms with Gasteiger partial charge in [-0.25, -0.2) is 0 Å². The van der Waals surface area contributed by atoms with Gasteiger partial charge < -0.3 is 4.52 Å². The number of rotatable bonds is 1. The summed E-state index contributed by atoms with van der Waals surface area (Å²) in [5.41, 5.74) is 6.06. The number of benzene rings is 2. The third-order valence-corrected chi connectivity index (χ3v) is 4.16. The molecule has 3 aromatic rings. The zero-order valence-electron chi connectivity index (χ0n) is 12.0. The molecule has 0 aliphatic carbocycles. The first-order chi connectivity index (χ1) is 10.7. The van der Waals surface area contributed by atoms with Gasteiger partial charge in [-0.3, -0.25) is 4.99 Å². The van der Waals surface area contributed by atoms with Crippen molar-refractivity contribution in [1.82, 2.24) is 5.16 Å². The second kappa shape index (κ2) is 5.11. The van der Waals surface area contributed by atoms with E-state index in [1.165, 1.54) is 0 Å². The van der Waals surface area contributed by atoms with Crippen molar-refractivity contribution in [3.63, 3.8) is 0 Å². The van der Waals surface area contributed by atoms with Gasteiger partial charge >= 0.3 is 0 Å². The van der Waals surface area contributed by atoms with E-state index in [0.717, 1.165) is 38.7 Å². The number of hydrogen-bond donors (Lipinski definition) is 0. The molecule has 0 fully saturated rings. The maximum absolute atomic E-state index is 6.01. The van der Waals surface area contributed by atoms with Gasteiger partial charge in [0.2, 0.25) is 0 Å². The highest BCUT2D eigenvalue weighted by Crippen LogP contribution is 2.36. The first-order valence-electron chi connectivity index (χ1n) is 7.12. The highest BCUT2D eigenvalue weighted by molar-refractivity contribution is 6.30.